The maximum atomic E-state index is 12.6. The fraction of sp³-hybridized carbons (Fsp3) is 0.471. The molecule has 1 aliphatic heterocycles. The number of urea groups is 1. The number of amides is 3. The van der Waals surface area contributed by atoms with Crippen LogP contribution in [0.4, 0.5) is 9.93 Å². The van der Waals surface area contributed by atoms with Gasteiger partial charge in [0.2, 0.25) is 5.91 Å². The molecule has 0 radical (unpaired) electrons. The predicted molar refractivity (Wildman–Crippen MR) is 99.1 cm³/mol. The third-order valence-electron chi connectivity index (χ3n) is 4.56. The van der Waals surface area contributed by atoms with Gasteiger partial charge in [-0.25, -0.2) is 9.78 Å². The lowest BCUT2D eigenvalue weighted by Gasteiger charge is -2.31. The second kappa shape index (κ2) is 6.80. The Morgan fingerprint density at radius 1 is 1.28 bits per heavy atom. The number of nitrogens with one attached hydrogen (secondary N) is 2. The Labute approximate surface area is 154 Å². The van der Waals surface area contributed by atoms with Crippen LogP contribution in [-0.4, -0.2) is 41.0 Å². The summed E-state index contributed by atoms with van der Waals surface area (Å²) >= 11 is 7.40. The van der Waals surface area contributed by atoms with Crippen molar-refractivity contribution in [2.75, 3.05) is 18.4 Å². The first-order valence-electron chi connectivity index (χ1n) is 8.51. The SMILES string of the molecule is O=C(Nc1nc2ccc(Cl)cc2s1)C1CCCN(C(=O)NC2CC2)C1. The molecule has 132 valence electrons. The van der Waals surface area contributed by atoms with Gasteiger partial charge in [-0.15, -0.1) is 0 Å². The highest BCUT2D eigenvalue weighted by Crippen LogP contribution is 2.29. The fourth-order valence-corrected chi connectivity index (χ4v) is 4.17. The van der Waals surface area contributed by atoms with E-state index < -0.39 is 0 Å². The van der Waals surface area contributed by atoms with Crippen molar-refractivity contribution in [3.63, 3.8) is 0 Å². The molecule has 4 rings (SSSR count). The van der Waals surface area contributed by atoms with Gasteiger partial charge >= 0.3 is 6.03 Å². The second-order valence-corrected chi connectivity index (χ2v) is 8.10. The minimum atomic E-state index is -0.200. The molecule has 8 heteroatoms. The monoisotopic (exact) mass is 378 g/mol. The van der Waals surface area contributed by atoms with Crippen LogP contribution < -0.4 is 10.6 Å². The summed E-state index contributed by atoms with van der Waals surface area (Å²) in [5.41, 5.74) is 0.818. The van der Waals surface area contributed by atoms with Crippen molar-refractivity contribution in [2.24, 2.45) is 5.92 Å². The normalized spacial score (nSPS) is 20.5. The first-order valence-corrected chi connectivity index (χ1v) is 9.70. The highest BCUT2D eigenvalue weighted by molar-refractivity contribution is 7.22. The van der Waals surface area contributed by atoms with Gasteiger partial charge in [0.15, 0.2) is 5.13 Å². The van der Waals surface area contributed by atoms with Crippen molar-refractivity contribution in [1.29, 1.82) is 0 Å². The maximum absolute atomic E-state index is 12.6. The molecule has 1 unspecified atom stereocenters. The predicted octanol–water partition coefficient (Wildman–Crippen LogP) is 3.47. The minimum absolute atomic E-state index is 0.0466. The van der Waals surface area contributed by atoms with Crippen LogP contribution in [0, 0.1) is 5.92 Å². The number of hydrogen-bond donors (Lipinski definition) is 2. The Morgan fingerprint density at radius 3 is 2.92 bits per heavy atom. The Morgan fingerprint density at radius 2 is 2.12 bits per heavy atom. The minimum Gasteiger partial charge on any atom is -0.335 e. The number of thiazole rings is 1. The van der Waals surface area contributed by atoms with E-state index in [1.165, 1.54) is 11.3 Å². The van der Waals surface area contributed by atoms with Crippen LogP contribution in [0.2, 0.25) is 5.02 Å². The molecule has 1 saturated carbocycles. The molecule has 0 spiro atoms. The van der Waals surface area contributed by atoms with Crippen LogP contribution >= 0.6 is 22.9 Å². The number of carbonyl (C=O) groups excluding carboxylic acids is 2. The van der Waals surface area contributed by atoms with Crippen molar-refractivity contribution >= 4 is 50.2 Å². The zero-order valence-electron chi connectivity index (χ0n) is 13.6. The van der Waals surface area contributed by atoms with Crippen molar-refractivity contribution < 1.29 is 9.59 Å². The average Bonchev–Trinajstić information content (AvgIpc) is 3.32. The van der Waals surface area contributed by atoms with Crippen molar-refractivity contribution in [1.82, 2.24) is 15.2 Å². The third kappa shape index (κ3) is 3.88. The molecule has 1 atom stereocenters. The summed E-state index contributed by atoms with van der Waals surface area (Å²) in [5.74, 6) is -0.275. The molecule has 1 saturated heterocycles. The molecule has 1 aromatic carbocycles. The van der Waals surface area contributed by atoms with Crippen molar-refractivity contribution in [3.8, 4) is 0 Å². The number of nitrogens with zero attached hydrogens (tertiary/aromatic N) is 2. The Bertz CT molecular complexity index is 820. The van der Waals surface area contributed by atoms with Crippen molar-refractivity contribution in [3.05, 3.63) is 23.2 Å². The number of benzene rings is 1. The van der Waals surface area contributed by atoms with Gasteiger partial charge in [0.25, 0.3) is 0 Å². The summed E-state index contributed by atoms with van der Waals surface area (Å²) in [6, 6.07) is 5.75. The maximum Gasteiger partial charge on any atom is 0.317 e. The van der Waals surface area contributed by atoms with Gasteiger partial charge in [-0.3, -0.25) is 4.79 Å². The summed E-state index contributed by atoms with van der Waals surface area (Å²) in [4.78, 5) is 30.9. The summed E-state index contributed by atoms with van der Waals surface area (Å²) in [5, 5.41) is 7.11. The first kappa shape index (κ1) is 16.6. The van der Waals surface area contributed by atoms with Gasteiger partial charge in [-0.1, -0.05) is 22.9 Å². The zero-order valence-corrected chi connectivity index (χ0v) is 15.2. The molecular formula is C17H19ClN4O2S. The van der Waals surface area contributed by atoms with Gasteiger partial charge < -0.3 is 15.5 Å². The summed E-state index contributed by atoms with van der Waals surface area (Å²) in [6.07, 6.45) is 3.75. The van der Waals surface area contributed by atoms with Gasteiger partial charge in [0, 0.05) is 24.2 Å². The lowest BCUT2D eigenvalue weighted by molar-refractivity contribution is -0.121. The molecule has 2 aromatic rings. The van der Waals surface area contributed by atoms with Crippen LogP contribution in [0.15, 0.2) is 18.2 Å². The lowest BCUT2D eigenvalue weighted by atomic mass is 9.97. The molecule has 2 N–H and O–H groups in total. The van der Waals surface area contributed by atoms with Crippen LogP contribution in [0.3, 0.4) is 0 Å². The fourth-order valence-electron chi connectivity index (χ4n) is 3.03. The van der Waals surface area contributed by atoms with E-state index in [1.807, 2.05) is 12.1 Å². The number of piperidine rings is 1. The number of fused-ring (bicyclic) bond motifs is 1. The van der Waals surface area contributed by atoms with Crippen LogP contribution in [0.5, 0.6) is 0 Å². The van der Waals surface area contributed by atoms with E-state index in [2.05, 4.69) is 15.6 Å². The van der Waals surface area contributed by atoms with Crippen LogP contribution in [0.25, 0.3) is 10.2 Å². The molecule has 25 heavy (non-hydrogen) atoms. The smallest absolute Gasteiger partial charge is 0.317 e. The number of rotatable bonds is 3. The summed E-state index contributed by atoms with van der Waals surface area (Å²) in [6.45, 7) is 1.17. The quantitative estimate of drug-likeness (QED) is 0.858. The van der Waals surface area contributed by atoms with Gasteiger partial charge in [0.05, 0.1) is 16.1 Å². The first-order chi connectivity index (χ1) is 12.1. The van der Waals surface area contributed by atoms with Gasteiger partial charge in [0.1, 0.15) is 0 Å². The van der Waals surface area contributed by atoms with Crippen LogP contribution in [-0.2, 0) is 4.79 Å². The number of anilines is 1. The topological polar surface area (TPSA) is 74.3 Å². The molecule has 6 nitrogen and oxygen atoms in total. The zero-order chi connectivity index (χ0) is 17.4. The van der Waals surface area contributed by atoms with Gasteiger partial charge in [-0.05, 0) is 43.9 Å². The number of likely N-dealkylation sites (tertiary alicyclic amines) is 1. The summed E-state index contributed by atoms with van der Waals surface area (Å²) in [7, 11) is 0. The number of halogens is 1. The Hall–Kier alpha value is -1.86. The van der Waals surface area contributed by atoms with E-state index in [0.717, 1.165) is 35.9 Å². The lowest BCUT2D eigenvalue weighted by Crippen LogP contribution is -2.48. The van der Waals surface area contributed by atoms with E-state index in [9.17, 15) is 9.59 Å². The molecule has 2 heterocycles. The van der Waals surface area contributed by atoms with Gasteiger partial charge in [-0.2, -0.15) is 0 Å². The molecular weight excluding hydrogens is 360 g/mol. The molecule has 2 aliphatic rings. The Kier molecular flexibility index (Phi) is 4.52. The third-order valence-corrected chi connectivity index (χ3v) is 5.73. The highest BCUT2D eigenvalue weighted by Gasteiger charge is 2.31. The largest absolute Gasteiger partial charge is 0.335 e. The highest BCUT2D eigenvalue weighted by atomic mass is 35.5. The van der Waals surface area contributed by atoms with E-state index in [0.29, 0.717) is 29.3 Å². The second-order valence-electron chi connectivity index (χ2n) is 6.63. The number of carbonyl (C=O) groups is 2. The molecule has 2 fully saturated rings. The average molecular weight is 379 g/mol. The van der Waals surface area contributed by atoms with E-state index in [-0.39, 0.29) is 17.9 Å². The van der Waals surface area contributed by atoms with Crippen molar-refractivity contribution in [2.45, 2.75) is 31.7 Å². The van der Waals surface area contributed by atoms with E-state index >= 15 is 0 Å². The standard InChI is InChI=1S/C17H19ClN4O2S/c18-11-3-6-13-14(8-11)25-16(20-13)21-15(23)10-2-1-7-22(9-10)17(24)19-12-4-5-12/h3,6,8,10,12H,1-2,4-5,7,9H2,(H,19,24)(H,20,21,23). The molecule has 0 bridgehead atoms. The number of hydrogen-bond acceptors (Lipinski definition) is 4. The molecule has 1 aliphatic carbocycles. The van der Waals surface area contributed by atoms with E-state index in [4.69, 9.17) is 11.6 Å². The van der Waals surface area contributed by atoms with Crippen LogP contribution in [0.1, 0.15) is 25.7 Å². The number of aromatic nitrogens is 1. The molecule has 1 aromatic heterocycles. The molecule has 3 amide bonds. The Balaban J connectivity index is 1.39. The van der Waals surface area contributed by atoms with E-state index in [1.54, 1.807) is 11.0 Å². The summed E-state index contributed by atoms with van der Waals surface area (Å²) < 4.78 is 0.942.